The number of nitrogens with zero attached hydrogens (tertiary/aromatic N) is 2. The maximum Gasteiger partial charge on any atom is 0.242 e. The molecule has 0 heterocycles. The second-order valence-electron chi connectivity index (χ2n) is 6.84. The number of sulfonamides is 1. The van der Waals surface area contributed by atoms with Crippen molar-refractivity contribution in [1.29, 1.82) is 0 Å². The van der Waals surface area contributed by atoms with E-state index in [9.17, 15) is 13.5 Å². The lowest BCUT2D eigenvalue weighted by molar-refractivity contribution is 0.0242. The van der Waals surface area contributed by atoms with Crippen molar-refractivity contribution in [3.05, 3.63) is 59.7 Å². The van der Waals surface area contributed by atoms with Crippen molar-refractivity contribution in [3.8, 4) is 0 Å². The van der Waals surface area contributed by atoms with Crippen molar-refractivity contribution in [2.24, 2.45) is 0 Å². The van der Waals surface area contributed by atoms with Crippen LogP contribution in [0.25, 0.3) is 0 Å². The highest BCUT2D eigenvalue weighted by Gasteiger charge is 2.39. The van der Waals surface area contributed by atoms with Gasteiger partial charge in [-0.05, 0) is 48.2 Å². The minimum absolute atomic E-state index is 0.0434. The smallest absolute Gasteiger partial charge is 0.242 e. The van der Waals surface area contributed by atoms with E-state index in [2.05, 4.69) is 0 Å². The lowest BCUT2D eigenvalue weighted by Crippen LogP contribution is -2.40. The van der Waals surface area contributed by atoms with Gasteiger partial charge in [-0.15, -0.1) is 0 Å². The van der Waals surface area contributed by atoms with Gasteiger partial charge in [0.15, 0.2) is 0 Å². The minimum atomic E-state index is -3.65. The van der Waals surface area contributed by atoms with E-state index in [0.717, 1.165) is 23.2 Å². The fraction of sp³-hybridized carbons (Fsp3) is 0.368. The Morgan fingerprint density at radius 3 is 2.32 bits per heavy atom. The zero-order valence-electron chi connectivity index (χ0n) is 14.8. The Balaban J connectivity index is 1.84. The highest BCUT2D eigenvalue weighted by Crippen LogP contribution is 2.38. The molecule has 2 aromatic carbocycles. The first-order valence-corrected chi connectivity index (χ1v) is 9.72. The third-order valence-corrected chi connectivity index (χ3v) is 6.69. The van der Waals surface area contributed by atoms with Gasteiger partial charge in [0.1, 0.15) is 5.60 Å². The quantitative estimate of drug-likeness (QED) is 0.888. The summed E-state index contributed by atoms with van der Waals surface area (Å²) < 4.78 is 27.0. The first-order valence-electron chi connectivity index (χ1n) is 8.28. The molecule has 1 aliphatic carbocycles. The number of aliphatic hydroxyl groups is 1. The van der Waals surface area contributed by atoms with Gasteiger partial charge >= 0.3 is 0 Å². The normalized spacial score (nSPS) is 19.9. The van der Waals surface area contributed by atoms with Crippen molar-refractivity contribution in [1.82, 2.24) is 4.31 Å². The molecule has 3 rings (SSSR count). The van der Waals surface area contributed by atoms with Crippen LogP contribution >= 0.6 is 0 Å². The van der Waals surface area contributed by atoms with E-state index in [-0.39, 0.29) is 11.4 Å². The summed E-state index contributed by atoms with van der Waals surface area (Å²) in [7, 11) is 1.68. The van der Waals surface area contributed by atoms with E-state index in [1.807, 2.05) is 43.3 Å². The summed E-state index contributed by atoms with van der Waals surface area (Å²) in [4.78, 5) is 2.15. The van der Waals surface area contributed by atoms with E-state index >= 15 is 0 Å². The molecule has 0 saturated carbocycles. The van der Waals surface area contributed by atoms with Gasteiger partial charge in [0.05, 0.1) is 4.90 Å². The zero-order chi connectivity index (χ0) is 18.2. The zero-order valence-corrected chi connectivity index (χ0v) is 15.6. The first-order chi connectivity index (χ1) is 11.7. The van der Waals surface area contributed by atoms with Crippen LogP contribution in [-0.2, 0) is 22.0 Å². The first kappa shape index (κ1) is 17.9. The van der Waals surface area contributed by atoms with Gasteiger partial charge in [-0.3, -0.25) is 0 Å². The van der Waals surface area contributed by atoms with Crippen LogP contribution in [0.4, 0.5) is 5.69 Å². The molecule has 5 nitrogen and oxygen atoms in total. The minimum Gasteiger partial charge on any atom is -0.384 e. The molecule has 0 saturated heterocycles. The molecule has 6 heteroatoms. The average Bonchev–Trinajstić information content (AvgIpc) is 2.92. The van der Waals surface area contributed by atoms with Gasteiger partial charge in [-0.1, -0.05) is 24.3 Å². The van der Waals surface area contributed by atoms with E-state index < -0.39 is 15.6 Å². The van der Waals surface area contributed by atoms with Crippen LogP contribution in [0.2, 0.25) is 0 Å². The lowest BCUT2D eigenvalue weighted by Gasteiger charge is -2.29. The van der Waals surface area contributed by atoms with Crippen molar-refractivity contribution in [2.75, 3.05) is 32.6 Å². The number of rotatable bonds is 5. The van der Waals surface area contributed by atoms with Gasteiger partial charge in [-0.25, -0.2) is 8.42 Å². The highest BCUT2D eigenvalue weighted by atomic mass is 32.2. The molecular formula is C19H24N2O3S. The Morgan fingerprint density at radius 2 is 1.68 bits per heavy atom. The summed E-state index contributed by atoms with van der Waals surface area (Å²) in [6.45, 7) is 0.0434. The largest absolute Gasteiger partial charge is 0.384 e. The molecule has 1 aliphatic rings. The van der Waals surface area contributed by atoms with E-state index in [1.54, 1.807) is 24.3 Å². The second kappa shape index (κ2) is 6.44. The van der Waals surface area contributed by atoms with Crippen LogP contribution in [-0.4, -0.2) is 45.5 Å². The monoisotopic (exact) mass is 360 g/mol. The predicted molar refractivity (Wildman–Crippen MR) is 99.2 cm³/mol. The molecule has 1 unspecified atom stereocenters. The Bertz CT molecular complexity index is 862. The summed E-state index contributed by atoms with van der Waals surface area (Å²) in [6.07, 6.45) is 1.30. The molecule has 0 aromatic heterocycles. The topological polar surface area (TPSA) is 60.9 Å². The maximum atomic E-state index is 12.9. The van der Waals surface area contributed by atoms with Gasteiger partial charge < -0.3 is 10.0 Å². The fourth-order valence-corrected chi connectivity index (χ4v) is 4.61. The molecule has 1 N–H and O–H groups in total. The lowest BCUT2D eigenvalue weighted by atomic mass is 9.96. The van der Waals surface area contributed by atoms with Crippen LogP contribution in [0.3, 0.4) is 0 Å². The molecule has 0 bridgehead atoms. The Hall–Kier alpha value is -1.89. The van der Waals surface area contributed by atoms with Crippen molar-refractivity contribution in [3.63, 3.8) is 0 Å². The molecule has 2 aromatic rings. The van der Waals surface area contributed by atoms with Crippen LogP contribution in [0, 0.1) is 0 Å². The molecule has 1 atom stereocenters. The van der Waals surface area contributed by atoms with Crippen LogP contribution in [0.5, 0.6) is 0 Å². The van der Waals surface area contributed by atoms with Crippen LogP contribution in [0.1, 0.15) is 17.5 Å². The van der Waals surface area contributed by atoms with E-state index in [4.69, 9.17) is 0 Å². The van der Waals surface area contributed by atoms with Gasteiger partial charge in [0, 0.05) is 33.4 Å². The van der Waals surface area contributed by atoms with Crippen molar-refractivity contribution < 1.29 is 13.5 Å². The van der Waals surface area contributed by atoms with E-state index in [0.29, 0.717) is 6.42 Å². The number of likely N-dealkylation sites (N-methyl/N-ethyl adjacent to an activating group) is 1. The summed E-state index contributed by atoms with van der Waals surface area (Å²) in [5.74, 6) is 0. The maximum absolute atomic E-state index is 12.9. The predicted octanol–water partition coefficient (Wildman–Crippen LogP) is 2.21. The summed E-state index contributed by atoms with van der Waals surface area (Å²) >= 11 is 0. The third kappa shape index (κ3) is 3.29. The Kier molecular flexibility index (Phi) is 4.62. The number of fused-ring (bicyclic) bond motifs is 1. The molecule has 0 aliphatic heterocycles. The number of hydrogen-bond acceptors (Lipinski definition) is 4. The molecule has 0 radical (unpaired) electrons. The SMILES string of the molecule is CN(C)c1ccc(S(=O)(=O)N(C)CC2(O)CCc3ccccc32)cc1. The Labute approximate surface area is 149 Å². The number of benzene rings is 2. The summed E-state index contributed by atoms with van der Waals surface area (Å²) in [5, 5.41) is 11.0. The molecule has 0 spiro atoms. The molecular weight excluding hydrogens is 336 g/mol. The van der Waals surface area contributed by atoms with Crippen molar-refractivity contribution >= 4 is 15.7 Å². The number of aryl methyl sites for hydroxylation is 1. The molecule has 25 heavy (non-hydrogen) atoms. The van der Waals surface area contributed by atoms with Crippen LogP contribution < -0.4 is 4.90 Å². The Morgan fingerprint density at radius 1 is 1.04 bits per heavy atom. The van der Waals surface area contributed by atoms with Gasteiger partial charge in [0.25, 0.3) is 0 Å². The average molecular weight is 360 g/mol. The van der Waals surface area contributed by atoms with Crippen molar-refractivity contribution in [2.45, 2.75) is 23.3 Å². The second-order valence-corrected chi connectivity index (χ2v) is 8.88. The third-order valence-electron chi connectivity index (χ3n) is 4.87. The number of hydrogen-bond donors (Lipinski definition) is 1. The summed E-state index contributed by atoms with van der Waals surface area (Å²) in [5.41, 5.74) is 1.72. The van der Waals surface area contributed by atoms with Crippen LogP contribution in [0.15, 0.2) is 53.4 Å². The fourth-order valence-electron chi connectivity index (χ4n) is 3.38. The highest BCUT2D eigenvalue weighted by molar-refractivity contribution is 7.89. The van der Waals surface area contributed by atoms with Gasteiger partial charge in [-0.2, -0.15) is 4.31 Å². The number of anilines is 1. The van der Waals surface area contributed by atoms with E-state index in [1.165, 1.54) is 11.4 Å². The van der Waals surface area contributed by atoms with Gasteiger partial charge in [0.2, 0.25) is 10.0 Å². The molecule has 0 amide bonds. The summed E-state index contributed by atoms with van der Waals surface area (Å²) in [6, 6.07) is 14.5. The standard InChI is InChI=1S/C19H24N2O3S/c1-20(2)16-8-10-17(11-9-16)25(23,24)21(3)14-19(22)13-12-15-6-4-5-7-18(15)19/h4-11,22H,12-14H2,1-3H3. The molecule has 0 fully saturated rings. The molecule has 134 valence electrons.